The van der Waals surface area contributed by atoms with Gasteiger partial charge in [0.2, 0.25) is 0 Å². The summed E-state index contributed by atoms with van der Waals surface area (Å²) in [5.74, 6) is 0.504. The number of rotatable bonds is 0. The van der Waals surface area contributed by atoms with E-state index in [0.717, 1.165) is 49.3 Å². The van der Waals surface area contributed by atoms with Crippen molar-refractivity contribution in [1.82, 2.24) is 24.9 Å². The average Bonchev–Trinajstić information content (AvgIpc) is 3.32. The van der Waals surface area contributed by atoms with Gasteiger partial charge in [-0.3, -0.25) is 10.3 Å². The number of halogens is 1. The number of hydrogen-bond donors (Lipinski definition) is 2. The summed E-state index contributed by atoms with van der Waals surface area (Å²) in [5.41, 5.74) is 3.15. The molecule has 0 spiro atoms. The Morgan fingerprint density at radius 2 is 2.14 bits per heavy atom. The van der Waals surface area contributed by atoms with Crippen LogP contribution < -0.4 is 10.2 Å². The summed E-state index contributed by atoms with van der Waals surface area (Å²) in [7, 11) is 0. The number of aliphatic hydroxyl groups is 1. The lowest BCUT2D eigenvalue weighted by atomic mass is 9.98. The van der Waals surface area contributed by atoms with Crippen molar-refractivity contribution in [1.29, 1.82) is 0 Å². The minimum atomic E-state index is -0.856. The fraction of sp³-hybridized carbons (Fsp3) is 0.450. The van der Waals surface area contributed by atoms with Crippen molar-refractivity contribution < 1.29 is 9.50 Å². The van der Waals surface area contributed by atoms with Gasteiger partial charge in [0, 0.05) is 24.5 Å². The maximum absolute atomic E-state index is 14.1. The number of nitrogens with one attached hydrogen (secondary N) is 1. The van der Waals surface area contributed by atoms with Crippen LogP contribution in [0.2, 0.25) is 0 Å². The SMILES string of the molecule is CC1CCc2ncc(F)cc2C2CCCN2c2ccn3ncc(c3n2)C(O)N1. The molecule has 0 radical (unpaired) electrons. The first kappa shape index (κ1) is 17.5. The summed E-state index contributed by atoms with van der Waals surface area (Å²) >= 11 is 0. The van der Waals surface area contributed by atoms with Gasteiger partial charge < -0.3 is 10.0 Å². The Morgan fingerprint density at radius 1 is 1.25 bits per heavy atom. The molecule has 5 heterocycles. The van der Waals surface area contributed by atoms with E-state index in [4.69, 9.17) is 4.98 Å². The molecule has 5 rings (SSSR count). The number of aliphatic hydroxyl groups excluding tert-OH is 1. The zero-order chi connectivity index (χ0) is 19.3. The molecule has 7 nitrogen and oxygen atoms in total. The van der Waals surface area contributed by atoms with Crippen LogP contribution in [-0.2, 0) is 6.42 Å². The van der Waals surface area contributed by atoms with Crippen molar-refractivity contribution in [3.05, 3.63) is 53.4 Å². The second-order valence-corrected chi connectivity index (χ2v) is 7.70. The first-order valence-corrected chi connectivity index (χ1v) is 9.79. The molecule has 0 saturated carbocycles. The Balaban J connectivity index is 1.67. The summed E-state index contributed by atoms with van der Waals surface area (Å²) in [6.45, 7) is 2.88. The predicted octanol–water partition coefficient (Wildman–Crippen LogP) is 2.52. The third kappa shape index (κ3) is 2.93. The van der Waals surface area contributed by atoms with Gasteiger partial charge >= 0.3 is 0 Å². The molecule has 2 N–H and O–H groups in total. The van der Waals surface area contributed by atoms with Gasteiger partial charge in [-0.2, -0.15) is 5.10 Å². The molecule has 0 aromatic carbocycles. The molecular formula is C20H23FN6O. The standard InChI is InChI=1S/C20H23FN6O/c1-12-4-5-16-14(9-13(21)10-22-16)17-3-2-7-26(17)18-6-8-27-19(25-18)15(11-23-27)20(28)24-12/h6,8-12,17,20,24,28H,2-5,7H2,1H3. The molecule has 1 fully saturated rings. The van der Waals surface area contributed by atoms with Crippen molar-refractivity contribution in [3.63, 3.8) is 0 Å². The van der Waals surface area contributed by atoms with Gasteiger partial charge in [-0.05, 0) is 50.3 Å². The second-order valence-electron chi connectivity index (χ2n) is 7.70. The molecule has 3 atom stereocenters. The van der Waals surface area contributed by atoms with Gasteiger partial charge in [0.05, 0.1) is 24.0 Å². The molecule has 3 aromatic heterocycles. The Morgan fingerprint density at radius 3 is 3.04 bits per heavy atom. The molecule has 0 amide bonds. The van der Waals surface area contributed by atoms with Crippen LogP contribution in [-0.4, -0.2) is 37.3 Å². The number of pyridine rings is 1. The van der Waals surface area contributed by atoms with E-state index in [1.165, 1.54) is 6.20 Å². The highest BCUT2D eigenvalue weighted by atomic mass is 19.1. The summed E-state index contributed by atoms with van der Waals surface area (Å²) in [6, 6.07) is 3.65. The van der Waals surface area contributed by atoms with Crippen molar-refractivity contribution in [2.24, 2.45) is 0 Å². The van der Waals surface area contributed by atoms with Gasteiger partial charge in [0.25, 0.3) is 0 Å². The maximum Gasteiger partial charge on any atom is 0.164 e. The average molecular weight is 382 g/mol. The van der Waals surface area contributed by atoms with E-state index in [1.807, 2.05) is 19.2 Å². The highest BCUT2D eigenvalue weighted by molar-refractivity contribution is 5.55. The quantitative estimate of drug-likeness (QED) is 0.622. The molecule has 2 aliphatic rings. The maximum atomic E-state index is 14.1. The first-order chi connectivity index (χ1) is 13.6. The molecule has 0 aliphatic carbocycles. The smallest absolute Gasteiger partial charge is 0.164 e. The number of aromatic nitrogens is 4. The molecule has 8 heteroatoms. The fourth-order valence-corrected chi connectivity index (χ4v) is 4.37. The number of fused-ring (bicyclic) bond motifs is 5. The molecular weight excluding hydrogens is 359 g/mol. The van der Waals surface area contributed by atoms with E-state index in [9.17, 15) is 9.50 Å². The fourth-order valence-electron chi connectivity index (χ4n) is 4.37. The number of hydrogen-bond acceptors (Lipinski definition) is 6. The van der Waals surface area contributed by atoms with Crippen LogP contribution in [0.15, 0.2) is 30.7 Å². The van der Waals surface area contributed by atoms with Crippen molar-refractivity contribution in [3.8, 4) is 0 Å². The molecule has 146 valence electrons. The van der Waals surface area contributed by atoms with Crippen LogP contribution in [0, 0.1) is 5.82 Å². The minimum Gasteiger partial charge on any atom is -0.374 e. The number of anilines is 1. The Kier molecular flexibility index (Phi) is 4.25. The van der Waals surface area contributed by atoms with Crippen molar-refractivity contribution in [2.45, 2.75) is 50.9 Å². The monoisotopic (exact) mass is 382 g/mol. The first-order valence-electron chi connectivity index (χ1n) is 9.79. The molecule has 2 bridgehead atoms. The third-order valence-corrected chi connectivity index (χ3v) is 5.81. The van der Waals surface area contributed by atoms with Gasteiger partial charge in [-0.25, -0.2) is 13.9 Å². The van der Waals surface area contributed by atoms with Crippen LogP contribution in [0.25, 0.3) is 5.65 Å². The number of aryl methyl sites for hydroxylation is 1. The van der Waals surface area contributed by atoms with Crippen LogP contribution in [0.1, 0.15) is 55.3 Å². The van der Waals surface area contributed by atoms with E-state index in [2.05, 4.69) is 20.3 Å². The largest absolute Gasteiger partial charge is 0.374 e. The van der Waals surface area contributed by atoms with Crippen LogP contribution in [0.4, 0.5) is 10.2 Å². The second kappa shape index (κ2) is 6.79. The lowest BCUT2D eigenvalue weighted by Gasteiger charge is -2.27. The minimum absolute atomic E-state index is 0.0493. The van der Waals surface area contributed by atoms with E-state index >= 15 is 0 Å². The predicted molar refractivity (Wildman–Crippen MR) is 102 cm³/mol. The zero-order valence-electron chi connectivity index (χ0n) is 15.7. The lowest BCUT2D eigenvalue weighted by Crippen LogP contribution is -2.31. The van der Waals surface area contributed by atoms with Crippen molar-refractivity contribution in [2.75, 3.05) is 11.4 Å². The van der Waals surface area contributed by atoms with Gasteiger partial charge in [0.15, 0.2) is 5.65 Å². The topological polar surface area (TPSA) is 78.6 Å². The summed E-state index contributed by atoms with van der Waals surface area (Å²) in [6.07, 6.45) is 7.41. The summed E-state index contributed by atoms with van der Waals surface area (Å²) < 4.78 is 15.7. The van der Waals surface area contributed by atoms with Crippen LogP contribution in [0.3, 0.4) is 0 Å². The molecule has 2 aliphatic heterocycles. The highest BCUT2D eigenvalue weighted by Crippen LogP contribution is 2.37. The Hall–Kier alpha value is -2.58. The Labute approximate surface area is 162 Å². The summed E-state index contributed by atoms with van der Waals surface area (Å²) in [4.78, 5) is 11.4. The molecule has 3 unspecified atom stereocenters. The Bertz CT molecular complexity index is 1020. The molecule has 28 heavy (non-hydrogen) atoms. The van der Waals surface area contributed by atoms with E-state index in [1.54, 1.807) is 16.8 Å². The molecule has 3 aromatic rings. The zero-order valence-corrected chi connectivity index (χ0v) is 15.7. The van der Waals surface area contributed by atoms with Gasteiger partial charge in [-0.15, -0.1) is 0 Å². The van der Waals surface area contributed by atoms with E-state index in [-0.39, 0.29) is 17.9 Å². The summed E-state index contributed by atoms with van der Waals surface area (Å²) in [5, 5.41) is 18.2. The number of nitrogens with zero attached hydrogens (tertiary/aromatic N) is 5. The van der Waals surface area contributed by atoms with Crippen LogP contribution >= 0.6 is 0 Å². The van der Waals surface area contributed by atoms with E-state index < -0.39 is 6.23 Å². The van der Waals surface area contributed by atoms with Crippen molar-refractivity contribution >= 4 is 11.5 Å². The molecule has 1 saturated heterocycles. The lowest BCUT2D eigenvalue weighted by molar-refractivity contribution is 0.125. The van der Waals surface area contributed by atoms with Crippen LogP contribution in [0.5, 0.6) is 0 Å². The van der Waals surface area contributed by atoms with E-state index in [0.29, 0.717) is 11.2 Å². The highest BCUT2D eigenvalue weighted by Gasteiger charge is 2.31. The third-order valence-electron chi connectivity index (χ3n) is 5.81. The van der Waals surface area contributed by atoms with Gasteiger partial charge in [-0.1, -0.05) is 0 Å². The van der Waals surface area contributed by atoms with Gasteiger partial charge in [0.1, 0.15) is 17.9 Å². The normalized spacial score (nSPS) is 25.1.